The fourth-order valence-corrected chi connectivity index (χ4v) is 3.98. The van der Waals surface area contributed by atoms with Gasteiger partial charge < -0.3 is 10.2 Å². The van der Waals surface area contributed by atoms with Crippen molar-refractivity contribution in [3.8, 4) is 0 Å². The van der Waals surface area contributed by atoms with E-state index in [9.17, 15) is 4.79 Å². The molecule has 5 nitrogen and oxygen atoms in total. The lowest BCUT2D eigenvalue weighted by molar-refractivity contribution is -0.121. The average molecular weight is 437 g/mol. The predicted molar refractivity (Wildman–Crippen MR) is 127 cm³/mol. The van der Waals surface area contributed by atoms with Crippen molar-refractivity contribution in [1.29, 1.82) is 0 Å². The Morgan fingerprint density at radius 3 is 2.55 bits per heavy atom. The van der Waals surface area contributed by atoms with E-state index < -0.39 is 0 Å². The molecule has 162 valence electrons. The van der Waals surface area contributed by atoms with Crippen LogP contribution in [-0.2, 0) is 4.79 Å². The van der Waals surface area contributed by atoms with Crippen LogP contribution in [-0.4, -0.2) is 28.5 Å². The molecular formula is C25H29ClN4O. The van der Waals surface area contributed by atoms with Crippen LogP contribution < -0.4 is 10.2 Å². The Morgan fingerprint density at radius 1 is 1.13 bits per heavy atom. The normalized spacial score (nSPS) is 14.6. The number of hydrogen-bond acceptors (Lipinski definition) is 4. The van der Waals surface area contributed by atoms with Crippen LogP contribution in [0, 0.1) is 0 Å². The van der Waals surface area contributed by atoms with Gasteiger partial charge in [-0.1, -0.05) is 41.9 Å². The first-order chi connectivity index (χ1) is 14.9. The SMILES string of the molecule is CC(NC(=O)CCN(c1nc(C2CC2)nc2cc(Cl)ccc12)C(C)C)c1ccccc1. The maximum absolute atomic E-state index is 12.7. The summed E-state index contributed by atoms with van der Waals surface area (Å²) in [5, 5.41) is 4.75. The summed E-state index contributed by atoms with van der Waals surface area (Å²) in [4.78, 5) is 24.6. The lowest BCUT2D eigenvalue weighted by atomic mass is 10.1. The van der Waals surface area contributed by atoms with Crippen LogP contribution in [0.2, 0.25) is 5.02 Å². The Kier molecular flexibility index (Phi) is 6.42. The van der Waals surface area contributed by atoms with Gasteiger partial charge >= 0.3 is 0 Å². The van der Waals surface area contributed by atoms with E-state index in [0.29, 0.717) is 23.9 Å². The first-order valence-corrected chi connectivity index (χ1v) is 11.4. The van der Waals surface area contributed by atoms with E-state index in [-0.39, 0.29) is 18.0 Å². The molecule has 1 unspecified atom stereocenters. The highest BCUT2D eigenvalue weighted by Gasteiger charge is 2.29. The summed E-state index contributed by atoms with van der Waals surface area (Å²) in [6.45, 7) is 6.86. The van der Waals surface area contributed by atoms with E-state index in [1.165, 1.54) is 0 Å². The van der Waals surface area contributed by atoms with Gasteiger partial charge in [-0.2, -0.15) is 0 Å². The summed E-state index contributed by atoms with van der Waals surface area (Å²) >= 11 is 6.24. The van der Waals surface area contributed by atoms with Crippen LogP contribution in [0.1, 0.15) is 63.4 Å². The Labute approximate surface area is 188 Å². The van der Waals surface area contributed by atoms with Gasteiger partial charge in [0.15, 0.2) is 0 Å². The number of fused-ring (bicyclic) bond motifs is 1. The molecule has 3 aromatic rings. The van der Waals surface area contributed by atoms with Gasteiger partial charge in [-0.05, 0) is 57.4 Å². The minimum atomic E-state index is -0.0234. The van der Waals surface area contributed by atoms with E-state index in [2.05, 4.69) is 24.1 Å². The van der Waals surface area contributed by atoms with E-state index in [1.807, 2.05) is 55.5 Å². The molecule has 0 spiro atoms. The van der Waals surface area contributed by atoms with Crippen molar-refractivity contribution in [2.24, 2.45) is 0 Å². The molecule has 0 bridgehead atoms. The lowest BCUT2D eigenvalue weighted by Crippen LogP contribution is -2.36. The van der Waals surface area contributed by atoms with Gasteiger partial charge in [0, 0.05) is 35.3 Å². The lowest BCUT2D eigenvalue weighted by Gasteiger charge is -2.29. The molecule has 1 saturated carbocycles. The molecule has 1 aromatic heterocycles. The van der Waals surface area contributed by atoms with Crippen LogP contribution in [0.25, 0.3) is 10.9 Å². The zero-order chi connectivity index (χ0) is 22.0. The van der Waals surface area contributed by atoms with Crippen molar-refractivity contribution in [3.05, 3.63) is 64.9 Å². The standard InChI is InChI=1S/C25H29ClN4O/c1-16(2)30(14-13-23(31)27-17(3)18-7-5-4-6-8-18)25-21-12-11-20(26)15-22(21)28-24(29-25)19-9-10-19/h4-8,11-12,15-17,19H,9-10,13-14H2,1-3H3,(H,27,31). The quantitative estimate of drug-likeness (QED) is 0.496. The molecule has 0 radical (unpaired) electrons. The second kappa shape index (κ2) is 9.23. The number of halogens is 1. The molecule has 0 saturated heterocycles. The maximum Gasteiger partial charge on any atom is 0.222 e. The number of rotatable bonds is 8. The third-order valence-corrected chi connectivity index (χ3v) is 5.99. The fraction of sp³-hybridized carbons (Fsp3) is 0.400. The Morgan fingerprint density at radius 2 is 1.87 bits per heavy atom. The topological polar surface area (TPSA) is 58.1 Å². The minimum absolute atomic E-state index is 0.0234. The molecule has 31 heavy (non-hydrogen) atoms. The summed E-state index contributed by atoms with van der Waals surface area (Å²) in [6, 6.07) is 16.0. The smallest absolute Gasteiger partial charge is 0.222 e. The highest BCUT2D eigenvalue weighted by atomic mass is 35.5. The number of amides is 1. The number of carbonyl (C=O) groups excluding carboxylic acids is 1. The Balaban J connectivity index is 1.54. The first-order valence-electron chi connectivity index (χ1n) is 11.0. The van der Waals surface area contributed by atoms with Crippen molar-refractivity contribution in [1.82, 2.24) is 15.3 Å². The van der Waals surface area contributed by atoms with Gasteiger partial charge in [0.2, 0.25) is 5.91 Å². The third-order valence-electron chi connectivity index (χ3n) is 5.75. The second-order valence-corrected chi connectivity index (χ2v) is 9.01. The van der Waals surface area contributed by atoms with Gasteiger partial charge in [-0.3, -0.25) is 4.79 Å². The molecule has 1 fully saturated rings. The Bertz CT molecular complexity index is 1070. The van der Waals surface area contributed by atoms with Gasteiger partial charge in [-0.15, -0.1) is 0 Å². The van der Waals surface area contributed by atoms with E-state index >= 15 is 0 Å². The van der Waals surface area contributed by atoms with Crippen molar-refractivity contribution < 1.29 is 4.79 Å². The monoisotopic (exact) mass is 436 g/mol. The summed E-state index contributed by atoms with van der Waals surface area (Å²) in [5.74, 6) is 2.25. The largest absolute Gasteiger partial charge is 0.353 e. The van der Waals surface area contributed by atoms with Crippen LogP contribution in [0.15, 0.2) is 48.5 Å². The minimum Gasteiger partial charge on any atom is -0.353 e. The Hall–Kier alpha value is -2.66. The van der Waals surface area contributed by atoms with E-state index in [0.717, 1.165) is 41.0 Å². The van der Waals surface area contributed by atoms with Gasteiger partial charge in [0.25, 0.3) is 0 Å². The van der Waals surface area contributed by atoms with E-state index in [1.54, 1.807) is 0 Å². The molecule has 1 aliphatic carbocycles. The molecular weight excluding hydrogens is 408 g/mol. The molecule has 1 heterocycles. The van der Waals surface area contributed by atoms with Crippen LogP contribution in [0.3, 0.4) is 0 Å². The molecule has 4 rings (SSSR count). The van der Waals surface area contributed by atoms with Crippen molar-refractivity contribution in [2.45, 2.75) is 58.0 Å². The summed E-state index contributed by atoms with van der Waals surface area (Å²) in [5.41, 5.74) is 1.97. The number of carbonyl (C=O) groups is 1. The molecule has 1 atom stereocenters. The van der Waals surface area contributed by atoms with Crippen molar-refractivity contribution in [2.75, 3.05) is 11.4 Å². The van der Waals surface area contributed by atoms with E-state index in [4.69, 9.17) is 21.6 Å². The number of hydrogen-bond donors (Lipinski definition) is 1. The highest BCUT2D eigenvalue weighted by Crippen LogP contribution is 2.40. The zero-order valence-corrected chi connectivity index (χ0v) is 19.1. The number of nitrogens with zero attached hydrogens (tertiary/aromatic N) is 3. The van der Waals surface area contributed by atoms with Crippen LogP contribution in [0.4, 0.5) is 5.82 Å². The van der Waals surface area contributed by atoms with Gasteiger partial charge in [0.05, 0.1) is 11.6 Å². The number of benzene rings is 2. The zero-order valence-electron chi connectivity index (χ0n) is 18.3. The predicted octanol–water partition coefficient (Wildman–Crippen LogP) is 5.64. The third kappa shape index (κ3) is 5.16. The van der Waals surface area contributed by atoms with Crippen LogP contribution >= 0.6 is 11.6 Å². The molecule has 0 aliphatic heterocycles. The second-order valence-electron chi connectivity index (χ2n) is 8.58. The first kappa shape index (κ1) is 21.6. The molecule has 1 aliphatic rings. The summed E-state index contributed by atoms with van der Waals surface area (Å²) in [7, 11) is 0. The van der Waals surface area contributed by atoms with Crippen molar-refractivity contribution >= 4 is 34.2 Å². The highest BCUT2D eigenvalue weighted by molar-refractivity contribution is 6.31. The molecule has 6 heteroatoms. The molecule has 2 aromatic carbocycles. The van der Waals surface area contributed by atoms with Crippen molar-refractivity contribution in [3.63, 3.8) is 0 Å². The summed E-state index contributed by atoms with van der Waals surface area (Å²) in [6.07, 6.45) is 2.66. The average Bonchev–Trinajstić information content (AvgIpc) is 3.59. The molecule has 1 N–H and O–H groups in total. The number of nitrogens with one attached hydrogen (secondary N) is 1. The van der Waals surface area contributed by atoms with Gasteiger partial charge in [-0.25, -0.2) is 9.97 Å². The van der Waals surface area contributed by atoms with Crippen LogP contribution in [0.5, 0.6) is 0 Å². The summed E-state index contributed by atoms with van der Waals surface area (Å²) < 4.78 is 0. The number of anilines is 1. The van der Waals surface area contributed by atoms with Gasteiger partial charge in [0.1, 0.15) is 11.6 Å². The maximum atomic E-state index is 12.7. The fourth-order valence-electron chi connectivity index (χ4n) is 3.82. The molecule has 1 amide bonds. The number of aromatic nitrogens is 2.